The lowest BCUT2D eigenvalue weighted by Gasteiger charge is -2.35. The molecule has 0 bridgehead atoms. The van der Waals surface area contributed by atoms with Crippen molar-refractivity contribution >= 4 is 24.8 Å². The van der Waals surface area contributed by atoms with Crippen molar-refractivity contribution in [3.63, 3.8) is 0 Å². The van der Waals surface area contributed by atoms with Crippen molar-refractivity contribution in [1.82, 2.24) is 10.2 Å². The van der Waals surface area contributed by atoms with Gasteiger partial charge in [0.1, 0.15) is 6.61 Å². The van der Waals surface area contributed by atoms with Gasteiger partial charge in [0.2, 0.25) is 0 Å². The van der Waals surface area contributed by atoms with E-state index in [-0.39, 0.29) is 24.8 Å². The van der Waals surface area contributed by atoms with E-state index in [0.29, 0.717) is 12.6 Å². The average Bonchev–Trinajstić information content (AvgIpc) is 3.56. The van der Waals surface area contributed by atoms with Crippen molar-refractivity contribution in [1.29, 1.82) is 0 Å². The molecule has 1 N–H and O–H groups in total. The minimum absolute atomic E-state index is 0. The largest absolute Gasteiger partial charge is 0.493 e. The second kappa shape index (κ2) is 11.7. The molecule has 1 aliphatic heterocycles. The molecule has 0 unspecified atom stereocenters. The Kier molecular flexibility index (Phi) is 9.57. The SMILES string of the molecule is COc1ccc([C@H](CC2CC2)N2CCNCC2)cc1OCc1ccccc1.Cl.Cl. The van der Waals surface area contributed by atoms with Crippen LogP contribution in [0.3, 0.4) is 0 Å². The zero-order valence-electron chi connectivity index (χ0n) is 17.0. The Balaban J connectivity index is 0.00000150. The van der Waals surface area contributed by atoms with Crippen LogP contribution >= 0.6 is 24.8 Å². The van der Waals surface area contributed by atoms with E-state index in [1.807, 2.05) is 18.2 Å². The van der Waals surface area contributed by atoms with Gasteiger partial charge in [0.15, 0.2) is 11.5 Å². The van der Waals surface area contributed by atoms with Gasteiger partial charge in [0, 0.05) is 32.2 Å². The second-order valence-electron chi connectivity index (χ2n) is 7.67. The van der Waals surface area contributed by atoms with Crippen LogP contribution in [0.25, 0.3) is 0 Å². The smallest absolute Gasteiger partial charge is 0.161 e. The highest BCUT2D eigenvalue weighted by Crippen LogP contribution is 2.42. The summed E-state index contributed by atoms with van der Waals surface area (Å²) in [6.07, 6.45) is 4.02. The van der Waals surface area contributed by atoms with Crippen molar-refractivity contribution in [2.75, 3.05) is 33.3 Å². The molecule has 160 valence electrons. The first-order valence-corrected chi connectivity index (χ1v) is 10.1. The van der Waals surface area contributed by atoms with Crippen LogP contribution in [-0.4, -0.2) is 38.2 Å². The minimum atomic E-state index is 0. The van der Waals surface area contributed by atoms with Crippen LogP contribution in [0.2, 0.25) is 0 Å². The Morgan fingerprint density at radius 3 is 2.38 bits per heavy atom. The first-order valence-electron chi connectivity index (χ1n) is 10.1. The molecule has 1 atom stereocenters. The Hall–Kier alpha value is -1.46. The van der Waals surface area contributed by atoms with Gasteiger partial charge in [-0.1, -0.05) is 49.2 Å². The maximum absolute atomic E-state index is 6.16. The van der Waals surface area contributed by atoms with Crippen LogP contribution in [0.5, 0.6) is 11.5 Å². The van der Waals surface area contributed by atoms with Crippen LogP contribution in [0, 0.1) is 5.92 Å². The number of benzene rings is 2. The summed E-state index contributed by atoms with van der Waals surface area (Å²) >= 11 is 0. The van der Waals surface area contributed by atoms with E-state index in [0.717, 1.165) is 43.6 Å². The predicted molar refractivity (Wildman–Crippen MR) is 123 cm³/mol. The van der Waals surface area contributed by atoms with Gasteiger partial charge in [-0.15, -0.1) is 24.8 Å². The van der Waals surface area contributed by atoms with E-state index in [4.69, 9.17) is 9.47 Å². The molecule has 2 aromatic carbocycles. The highest BCUT2D eigenvalue weighted by atomic mass is 35.5. The first-order chi connectivity index (χ1) is 13.3. The molecular weight excluding hydrogens is 407 g/mol. The number of methoxy groups -OCH3 is 1. The predicted octanol–water partition coefficient (Wildman–Crippen LogP) is 4.86. The maximum atomic E-state index is 6.16. The van der Waals surface area contributed by atoms with Crippen molar-refractivity contribution in [3.8, 4) is 11.5 Å². The zero-order valence-corrected chi connectivity index (χ0v) is 18.6. The van der Waals surface area contributed by atoms with Crippen LogP contribution in [0.15, 0.2) is 48.5 Å². The van der Waals surface area contributed by atoms with Crippen LogP contribution in [-0.2, 0) is 6.61 Å². The lowest BCUT2D eigenvalue weighted by Crippen LogP contribution is -2.45. The van der Waals surface area contributed by atoms with E-state index < -0.39 is 0 Å². The minimum Gasteiger partial charge on any atom is -0.493 e. The lowest BCUT2D eigenvalue weighted by molar-refractivity contribution is 0.160. The quantitative estimate of drug-likeness (QED) is 0.637. The third kappa shape index (κ3) is 6.51. The van der Waals surface area contributed by atoms with Crippen molar-refractivity contribution in [2.45, 2.75) is 31.9 Å². The molecule has 4 nitrogen and oxygen atoms in total. The lowest BCUT2D eigenvalue weighted by atomic mass is 9.98. The van der Waals surface area contributed by atoms with Gasteiger partial charge in [0.25, 0.3) is 0 Å². The number of nitrogens with zero attached hydrogens (tertiary/aromatic N) is 1. The van der Waals surface area contributed by atoms with E-state index in [2.05, 4.69) is 40.5 Å². The molecule has 6 heteroatoms. The number of ether oxygens (including phenoxy) is 2. The number of piperazine rings is 1. The summed E-state index contributed by atoms with van der Waals surface area (Å²) in [7, 11) is 1.71. The van der Waals surface area contributed by atoms with E-state index in [9.17, 15) is 0 Å². The highest BCUT2D eigenvalue weighted by Gasteiger charge is 2.30. The third-order valence-corrected chi connectivity index (χ3v) is 5.66. The normalized spacial score (nSPS) is 17.6. The number of rotatable bonds is 8. The fourth-order valence-corrected chi connectivity index (χ4v) is 3.91. The van der Waals surface area contributed by atoms with Gasteiger partial charge >= 0.3 is 0 Å². The van der Waals surface area contributed by atoms with Gasteiger partial charge in [-0.2, -0.15) is 0 Å². The fraction of sp³-hybridized carbons (Fsp3) is 0.478. The van der Waals surface area contributed by atoms with Crippen molar-refractivity contribution in [3.05, 3.63) is 59.7 Å². The molecule has 1 aliphatic carbocycles. The molecule has 4 rings (SSSR count). The van der Waals surface area contributed by atoms with E-state index in [1.165, 1.54) is 30.4 Å². The Morgan fingerprint density at radius 2 is 1.72 bits per heavy atom. The van der Waals surface area contributed by atoms with Crippen molar-refractivity contribution in [2.24, 2.45) is 5.92 Å². The number of nitrogens with one attached hydrogen (secondary N) is 1. The topological polar surface area (TPSA) is 33.7 Å². The molecule has 1 saturated carbocycles. The maximum Gasteiger partial charge on any atom is 0.161 e. The molecule has 0 spiro atoms. The zero-order chi connectivity index (χ0) is 18.5. The molecule has 0 radical (unpaired) electrons. The monoisotopic (exact) mass is 438 g/mol. The van der Waals surface area contributed by atoms with Gasteiger partial charge in [-0.25, -0.2) is 0 Å². The van der Waals surface area contributed by atoms with E-state index in [1.54, 1.807) is 7.11 Å². The summed E-state index contributed by atoms with van der Waals surface area (Å²) in [6, 6.07) is 17.3. The Morgan fingerprint density at radius 1 is 1.00 bits per heavy atom. The molecule has 2 aromatic rings. The van der Waals surface area contributed by atoms with Gasteiger partial charge in [-0.05, 0) is 35.6 Å². The molecule has 1 heterocycles. The molecule has 2 aliphatic rings. The molecular formula is C23H32Cl2N2O2. The van der Waals surface area contributed by atoms with Gasteiger partial charge in [0.05, 0.1) is 7.11 Å². The third-order valence-electron chi connectivity index (χ3n) is 5.66. The van der Waals surface area contributed by atoms with Crippen molar-refractivity contribution < 1.29 is 9.47 Å². The number of hydrogen-bond donors (Lipinski definition) is 1. The standard InChI is InChI=1S/C23H30N2O2.2ClH/c1-26-22-10-9-20(16-23(22)27-17-19-5-3-2-4-6-19)21(15-18-7-8-18)25-13-11-24-12-14-25;;/h2-6,9-10,16,18,21,24H,7-8,11-15,17H2,1H3;2*1H/t21-;;/m0../s1. The van der Waals surface area contributed by atoms with E-state index >= 15 is 0 Å². The van der Waals surface area contributed by atoms with Crippen LogP contribution in [0.4, 0.5) is 0 Å². The van der Waals surface area contributed by atoms with Gasteiger partial charge < -0.3 is 14.8 Å². The molecule has 29 heavy (non-hydrogen) atoms. The first kappa shape index (κ1) is 23.8. The summed E-state index contributed by atoms with van der Waals surface area (Å²) < 4.78 is 11.7. The van der Waals surface area contributed by atoms with Crippen LogP contribution < -0.4 is 14.8 Å². The summed E-state index contributed by atoms with van der Waals surface area (Å²) in [5.74, 6) is 2.54. The van der Waals surface area contributed by atoms with Gasteiger partial charge in [-0.3, -0.25) is 4.90 Å². The number of hydrogen-bond acceptors (Lipinski definition) is 4. The Bertz CT molecular complexity index is 735. The molecule has 2 fully saturated rings. The molecule has 1 saturated heterocycles. The average molecular weight is 439 g/mol. The van der Waals surface area contributed by atoms with Crippen LogP contribution in [0.1, 0.15) is 36.4 Å². The fourth-order valence-electron chi connectivity index (χ4n) is 3.91. The second-order valence-corrected chi connectivity index (χ2v) is 7.67. The summed E-state index contributed by atoms with van der Waals surface area (Å²) in [5, 5.41) is 3.47. The summed E-state index contributed by atoms with van der Waals surface area (Å²) in [4.78, 5) is 2.64. The Labute approximate surface area is 186 Å². The molecule has 0 aromatic heterocycles. The number of halogens is 2. The molecule has 0 amide bonds. The summed E-state index contributed by atoms with van der Waals surface area (Å²) in [6.45, 7) is 4.94. The highest BCUT2D eigenvalue weighted by molar-refractivity contribution is 5.85. The summed E-state index contributed by atoms with van der Waals surface area (Å²) in [5.41, 5.74) is 2.52.